The molecule has 0 aliphatic carbocycles. The van der Waals surface area contributed by atoms with Gasteiger partial charge in [-0.15, -0.1) is 5.10 Å². The van der Waals surface area contributed by atoms with E-state index in [9.17, 15) is 4.79 Å². The second kappa shape index (κ2) is 8.65. The van der Waals surface area contributed by atoms with Crippen molar-refractivity contribution in [2.24, 2.45) is 0 Å². The van der Waals surface area contributed by atoms with E-state index >= 15 is 0 Å². The number of nitrogens with one attached hydrogen (secondary N) is 2. The molecule has 0 atom stereocenters. The van der Waals surface area contributed by atoms with Crippen LogP contribution in [0.4, 0.5) is 4.79 Å². The van der Waals surface area contributed by atoms with Crippen molar-refractivity contribution in [3.8, 4) is 17.2 Å². The zero-order valence-corrected chi connectivity index (χ0v) is 15.0. The summed E-state index contributed by atoms with van der Waals surface area (Å²) in [6.07, 6.45) is 5.11. The fourth-order valence-electron chi connectivity index (χ4n) is 2.40. The van der Waals surface area contributed by atoms with Crippen molar-refractivity contribution in [2.75, 3.05) is 14.2 Å². The molecule has 2 heterocycles. The molecule has 0 saturated heterocycles. The normalized spacial score (nSPS) is 10.3. The lowest BCUT2D eigenvalue weighted by molar-refractivity contribution is 0.240. The molecule has 0 unspecified atom stereocenters. The maximum atomic E-state index is 12.0. The van der Waals surface area contributed by atoms with Crippen molar-refractivity contribution >= 4 is 6.03 Å². The van der Waals surface area contributed by atoms with Gasteiger partial charge in [0.2, 0.25) is 0 Å². The Bertz CT molecular complexity index is 897. The largest absolute Gasteiger partial charge is 0.493 e. The molecule has 0 bridgehead atoms. The molecule has 0 aliphatic rings. The van der Waals surface area contributed by atoms with Crippen LogP contribution >= 0.6 is 0 Å². The third kappa shape index (κ3) is 4.72. The van der Waals surface area contributed by atoms with Gasteiger partial charge >= 0.3 is 6.03 Å². The zero-order valence-electron chi connectivity index (χ0n) is 15.0. The number of nitrogens with zero attached hydrogens (tertiary/aromatic N) is 4. The number of amides is 2. The molecule has 0 radical (unpaired) electrons. The predicted octanol–water partition coefficient (Wildman–Crippen LogP) is 1.68. The second-order valence-corrected chi connectivity index (χ2v) is 5.59. The number of pyridine rings is 1. The SMILES string of the molecule is COc1ccc(CNC(=O)NCc2cn(-c3cccnc3)nn2)cc1OC. The summed E-state index contributed by atoms with van der Waals surface area (Å²) >= 11 is 0. The van der Waals surface area contributed by atoms with E-state index in [4.69, 9.17) is 9.47 Å². The van der Waals surface area contributed by atoms with Crippen LogP contribution < -0.4 is 20.1 Å². The highest BCUT2D eigenvalue weighted by Crippen LogP contribution is 2.27. The number of rotatable bonds is 7. The van der Waals surface area contributed by atoms with Crippen LogP contribution in [0.1, 0.15) is 11.3 Å². The van der Waals surface area contributed by atoms with Gasteiger partial charge in [0.15, 0.2) is 11.5 Å². The molecular weight excluding hydrogens is 348 g/mol. The Hall–Kier alpha value is -3.62. The van der Waals surface area contributed by atoms with Gasteiger partial charge in [0, 0.05) is 12.7 Å². The number of carbonyl (C=O) groups is 1. The maximum Gasteiger partial charge on any atom is 0.315 e. The molecule has 27 heavy (non-hydrogen) atoms. The number of ether oxygens (including phenoxy) is 2. The van der Waals surface area contributed by atoms with E-state index in [1.165, 1.54) is 0 Å². The lowest BCUT2D eigenvalue weighted by Crippen LogP contribution is -2.34. The van der Waals surface area contributed by atoms with Gasteiger partial charge < -0.3 is 20.1 Å². The molecule has 0 spiro atoms. The van der Waals surface area contributed by atoms with E-state index in [1.54, 1.807) is 43.6 Å². The highest BCUT2D eigenvalue weighted by Gasteiger charge is 2.07. The van der Waals surface area contributed by atoms with Crippen LogP contribution in [-0.4, -0.2) is 40.2 Å². The Kier molecular flexibility index (Phi) is 5.83. The summed E-state index contributed by atoms with van der Waals surface area (Å²) in [5, 5.41) is 13.6. The van der Waals surface area contributed by atoms with E-state index in [1.807, 2.05) is 24.3 Å². The second-order valence-electron chi connectivity index (χ2n) is 5.59. The topological polar surface area (TPSA) is 103 Å². The van der Waals surface area contributed by atoms with Crippen LogP contribution in [0.25, 0.3) is 5.69 Å². The fraction of sp³-hybridized carbons (Fsp3) is 0.222. The Morgan fingerprint density at radius 3 is 2.67 bits per heavy atom. The molecule has 0 aliphatic heterocycles. The Labute approximate surface area is 156 Å². The average Bonchev–Trinajstić information content (AvgIpc) is 3.20. The van der Waals surface area contributed by atoms with Crippen molar-refractivity contribution in [2.45, 2.75) is 13.1 Å². The number of carbonyl (C=O) groups excluding carboxylic acids is 1. The number of aromatic nitrogens is 4. The van der Waals surface area contributed by atoms with Gasteiger partial charge in [0.1, 0.15) is 5.69 Å². The van der Waals surface area contributed by atoms with Crippen LogP contribution in [0.15, 0.2) is 48.9 Å². The third-order valence-corrected chi connectivity index (χ3v) is 3.78. The van der Waals surface area contributed by atoms with Gasteiger partial charge in [-0.05, 0) is 29.8 Å². The summed E-state index contributed by atoms with van der Waals surface area (Å²) in [7, 11) is 3.15. The van der Waals surface area contributed by atoms with Gasteiger partial charge in [-0.1, -0.05) is 11.3 Å². The van der Waals surface area contributed by atoms with E-state index in [0.717, 1.165) is 11.3 Å². The molecule has 2 amide bonds. The molecule has 1 aromatic carbocycles. The van der Waals surface area contributed by atoms with Crippen molar-refractivity contribution in [3.63, 3.8) is 0 Å². The van der Waals surface area contributed by atoms with Gasteiger partial charge in [-0.25, -0.2) is 9.48 Å². The van der Waals surface area contributed by atoms with Crippen LogP contribution in [0.3, 0.4) is 0 Å². The van der Waals surface area contributed by atoms with Crippen LogP contribution in [0, 0.1) is 0 Å². The smallest absolute Gasteiger partial charge is 0.315 e. The average molecular weight is 368 g/mol. The highest BCUT2D eigenvalue weighted by molar-refractivity contribution is 5.73. The number of benzene rings is 1. The van der Waals surface area contributed by atoms with Crippen molar-refractivity contribution in [1.29, 1.82) is 0 Å². The monoisotopic (exact) mass is 368 g/mol. The third-order valence-electron chi connectivity index (χ3n) is 3.78. The van der Waals surface area contributed by atoms with Crippen molar-refractivity contribution < 1.29 is 14.3 Å². The van der Waals surface area contributed by atoms with Crippen molar-refractivity contribution in [1.82, 2.24) is 30.6 Å². The molecule has 0 saturated carbocycles. The van der Waals surface area contributed by atoms with Gasteiger partial charge in [0.05, 0.1) is 38.8 Å². The minimum Gasteiger partial charge on any atom is -0.493 e. The zero-order chi connectivity index (χ0) is 19.1. The van der Waals surface area contributed by atoms with Crippen LogP contribution in [0.5, 0.6) is 11.5 Å². The van der Waals surface area contributed by atoms with E-state index in [2.05, 4.69) is 25.9 Å². The lowest BCUT2D eigenvalue weighted by Gasteiger charge is -2.10. The van der Waals surface area contributed by atoms with Gasteiger partial charge in [0.25, 0.3) is 0 Å². The first-order valence-corrected chi connectivity index (χ1v) is 8.24. The Morgan fingerprint density at radius 1 is 1.11 bits per heavy atom. The molecule has 3 aromatic rings. The van der Waals surface area contributed by atoms with E-state index in [0.29, 0.717) is 23.7 Å². The number of methoxy groups -OCH3 is 2. The fourth-order valence-corrected chi connectivity index (χ4v) is 2.40. The first-order valence-electron chi connectivity index (χ1n) is 8.24. The van der Waals surface area contributed by atoms with E-state index in [-0.39, 0.29) is 12.6 Å². The molecule has 2 N–H and O–H groups in total. The molecular formula is C18H20N6O3. The first kappa shape index (κ1) is 18.2. The van der Waals surface area contributed by atoms with Gasteiger partial charge in [-0.2, -0.15) is 0 Å². The maximum absolute atomic E-state index is 12.0. The van der Waals surface area contributed by atoms with Gasteiger partial charge in [-0.3, -0.25) is 4.98 Å². The molecule has 9 nitrogen and oxygen atoms in total. The summed E-state index contributed by atoms with van der Waals surface area (Å²) in [5.74, 6) is 1.26. The molecule has 140 valence electrons. The van der Waals surface area contributed by atoms with Crippen LogP contribution in [0.2, 0.25) is 0 Å². The standard InChI is InChI=1S/C18H20N6O3/c1-26-16-6-5-13(8-17(16)27-2)9-20-18(25)21-10-14-12-24(23-22-14)15-4-3-7-19-11-15/h3-8,11-12H,9-10H2,1-2H3,(H2,20,21,25). The Morgan fingerprint density at radius 2 is 1.93 bits per heavy atom. The summed E-state index contributed by atoms with van der Waals surface area (Å²) in [5.41, 5.74) is 2.33. The minimum atomic E-state index is -0.305. The number of urea groups is 1. The quantitative estimate of drug-likeness (QED) is 0.658. The summed E-state index contributed by atoms with van der Waals surface area (Å²) in [6.45, 7) is 0.618. The molecule has 0 fully saturated rings. The molecule has 9 heteroatoms. The summed E-state index contributed by atoms with van der Waals surface area (Å²) in [6, 6.07) is 8.86. The van der Waals surface area contributed by atoms with E-state index < -0.39 is 0 Å². The predicted molar refractivity (Wildman–Crippen MR) is 97.8 cm³/mol. The number of hydrogen-bond donors (Lipinski definition) is 2. The first-order chi connectivity index (χ1) is 13.2. The Balaban J connectivity index is 1.50. The summed E-state index contributed by atoms with van der Waals surface area (Å²) in [4.78, 5) is 16.0. The van der Waals surface area contributed by atoms with Crippen LogP contribution in [-0.2, 0) is 13.1 Å². The molecule has 2 aromatic heterocycles. The highest BCUT2D eigenvalue weighted by atomic mass is 16.5. The number of hydrogen-bond acceptors (Lipinski definition) is 6. The molecule has 3 rings (SSSR count). The van der Waals surface area contributed by atoms with Crippen molar-refractivity contribution in [3.05, 3.63) is 60.2 Å². The lowest BCUT2D eigenvalue weighted by atomic mass is 10.2. The minimum absolute atomic E-state index is 0.262. The summed E-state index contributed by atoms with van der Waals surface area (Å²) < 4.78 is 12.1.